The maximum atomic E-state index is 12.6. The van der Waals surface area contributed by atoms with Gasteiger partial charge in [0, 0.05) is 24.3 Å². The Kier molecular flexibility index (Phi) is 5.67. The van der Waals surface area contributed by atoms with E-state index in [4.69, 9.17) is 11.0 Å². The quantitative estimate of drug-likeness (QED) is 0.604. The number of nitrogens with zero attached hydrogens (tertiary/aromatic N) is 3. The molecule has 0 spiro atoms. The number of hydrogen-bond acceptors (Lipinski definition) is 4. The molecule has 0 bridgehead atoms. The Morgan fingerprint density at radius 3 is 2.55 bits per heavy atom. The van der Waals surface area contributed by atoms with Gasteiger partial charge in [-0.3, -0.25) is 4.79 Å². The van der Waals surface area contributed by atoms with Crippen LogP contribution in [-0.4, -0.2) is 39.9 Å². The van der Waals surface area contributed by atoms with Crippen LogP contribution in [0.25, 0.3) is 11.1 Å². The molecule has 2 aromatic carbocycles. The number of aromatic nitrogens is 2. The van der Waals surface area contributed by atoms with Crippen molar-refractivity contribution in [1.82, 2.24) is 14.9 Å². The van der Waals surface area contributed by atoms with E-state index in [-0.39, 0.29) is 17.5 Å². The third kappa shape index (κ3) is 4.41. The first-order valence-electron chi connectivity index (χ1n) is 10.1. The van der Waals surface area contributed by atoms with E-state index in [1.807, 2.05) is 48.5 Å². The summed E-state index contributed by atoms with van der Waals surface area (Å²) >= 11 is 0. The topological polar surface area (TPSA) is 128 Å². The molecule has 1 aliphatic heterocycles. The van der Waals surface area contributed by atoms with Crippen LogP contribution in [0.5, 0.6) is 0 Å². The summed E-state index contributed by atoms with van der Waals surface area (Å²) in [6.45, 7) is 1.28. The van der Waals surface area contributed by atoms with Gasteiger partial charge in [-0.05, 0) is 42.0 Å². The first kappa shape index (κ1) is 20.2. The molecule has 1 aliphatic rings. The molecular weight excluding hydrogens is 392 g/mol. The van der Waals surface area contributed by atoms with Crippen LogP contribution in [0.4, 0.5) is 10.5 Å². The van der Waals surface area contributed by atoms with Crippen LogP contribution in [0.3, 0.4) is 0 Å². The maximum absolute atomic E-state index is 12.6. The fourth-order valence-electron chi connectivity index (χ4n) is 3.89. The van der Waals surface area contributed by atoms with E-state index in [1.165, 1.54) is 6.20 Å². The summed E-state index contributed by atoms with van der Waals surface area (Å²) in [7, 11) is 0. The zero-order valence-corrected chi connectivity index (χ0v) is 16.8. The van der Waals surface area contributed by atoms with Gasteiger partial charge in [-0.1, -0.05) is 36.4 Å². The standard InChI is InChI=1S/C23H22N6O2/c24-13-18-14-26-21(27-18)22(30)28-20-7-6-17(12-19(20)16-4-2-1-3-5-16)15-8-10-29(11-9-15)23(25)31/h1-7,12,14-15H,8-11H2,(H2,25,31)(H,26,27)(H,28,30). The van der Waals surface area contributed by atoms with Gasteiger partial charge in [-0.25, -0.2) is 9.78 Å². The van der Waals surface area contributed by atoms with Crippen molar-refractivity contribution < 1.29 is 9.59 Å². The summed E-state index contributed by atoms with van der Waals surface area (Å²) in [5.74, 6) is -0.0225. The molecule has 31 heavy (non-hydrogen) atoms. The molecule has 3 amide bonds. The van der Waals surface area contributed by atoms with Crippen LogP contribution in [0.1, 0.15) is 40.6 Å². The van der Waals surface area contributed by atoms with E-state index in [2.05, 4.69) is 21.4 Å². The molecule has 0 saturated carbocycles. The Bertz CT molecular complexity index is 1140. The number of urea groups is 1. The van der Waals surface area contributed by atoms with E-state index < -0.39 is 5.91 Å². The summed E-state index contributed by atoms with van der Waals surface area (Å²) < 4.78 is 0. The normalized spacial score (nSPS) is 14.1. The van der Waals surface area contributed by atoms with Crippen molar-refractivity contribution in [3.63, 3.8) is 0 Å². The minimum Gasteiger partial charge on any atom is -0.351 e. The minimum absolute atomic E-state index is 0.0819. The fraction of sp³-hybridized carbons (Fsp3) is 0.217. The van der Waals surface area contributed by atoms with Crippen LogP contribution in [0.2, 0.25) is 0 Å². The highest BCUT2D eigenvalue weighted by molar-refractivity contribution is 6.04. The number of anilines is 1. The third-order valence-corrected chi connectivity index (χ3v) is 5.57. The average molecular weight is 414 g/mol. The zero-order chi connectivity index (χ0) is 21.8. The number of nitrogens with two attached hydrogens (primary N) is 1. The molecule has 4 rings (SSSR count). The van der Waals surface area contributed by atoms with Crippen molar-refractivity contribution in [3.8, 4) is 17.2 Å². The number of carbonyl (C=O) groups excluding carboxylic acids is 2. The number of benzene rings is 2. The van der Waals surface area contributed by atoms with Gasteiger partial charge in [-0.2, -0.15) is 5.26 Å². The lowest BCUT2D eigenvalue weighted by atomic mass is 9.87. The van der Waals surface area contributed by atoms with Crippen molar-refractivity contribution >= 4 is 17.6 Å². The molecule has 0 radical (unpaired) electrons. The number of imidazole rings is 1. The predicted octanol–water partition coefficient (Wildman–Crippen LogP) is 3.46. The number of nitrogens with one attached hydrogen (secondary N) is 2. The van der Waals surface area contributed by atoms with Crippen LogP contribution in [0.15, 0.2) is 54.7 Å². The van der Waals surface area contributed by atoms with E-state index >= 15 is 0 Å². The van der Waals surface area contributed by atoms with Crippen molar-refractivity contribution in [2.75, 3.05) is 18.4 Å². The molecule has 1 aromatic heterocycles. The number of nitriles is 1. The second kappa shape index (κ2) is 8.71. The summed E-state index contributed by atoms with van der Waals surface area (Å²) in [5.41, 5.74) is 9.32. The molecule has 8 heteroatoms. The van der Waals surface area contributed by atoms with Gasteiger partial charge in [0.05, 0.1) is 6.20 Å². The van der Waals surface area contributed by atoms with Crippen molar-refractivity contribution in [2.45, 2.75) is 18.8 Å². The molecule has 2 heterocycles. The van der Waals surface area contributed by atoms with E-state index in [1.54, 1.807) is 4.90 Å². The molecule has 156 valence electrons. The predicted molar refractivity (Wildman–Crippen MR) is 116 cm³/mol. The summed E-state index contributed by atoms with van der Waals surface area (Å²) in [6.07, 6.45) is 3.01. The van der Waals surface area contributed by atoms with Gasteiger partial charge in [-0.15, -0.1) is 0 Å². The van der Waals surface area contributed by atoms with Gasteiger partial charge in [0.15, 0.2) is 5.82 Å². The number of piperidine rings is 1. The van der Waals surface area contributed by atoms with Crippen LogP contribution in [-0.2, 0) is 0 Å². The number of primary amides is 1. The monoisotopic (exact) mass is 414 g/mol. The van der Waals surface area contributed by atoms with Crippen molar-refractivity contribution in [3.05, 3.63) is 71.8 Å². The molecule has 1 fully saturated rings. The van der Waals surface area contributed by atoms with Gasteiger partial charge >= 0.3 is 6.03 Å². The van der Waals surface area contributed by atoms with Crippen molar-refractivity contribution in [1.29, 1.82) is 5.26 Å². The highest BCUT2D eigenvalue weighted by Gasteiger charge is 2.23. The first-order chi connectivity index (χ1) is 15.0. The maximum Gasteiger partial charge on any atom is 0.314 e. The molecule has 1 saturated heterocycles. The molecular formula is C23H22N6O2. The van der Waals surface area contributed by atoms with E-state index in [0.717, 1.165) is 29.5 Å². The average Bonchev–Trinajstić information content (AvgIpc) is 3.29. The van der Waals surface area contributed by atoms with Gasteiger partial charge < -0.3 is 20.9 Å². The lowest BCUT2D eigenvalue weighted by Crippen LogP contribution is -2.41. The Morgan fingerprint density at radius 1 is 1.16 bits per heavy atom. The third-order valence-electron chi connectivity index (χ3n) is 5.57. The molecule has 3 aromatic rings. The first-order valence-corrected chi connectivity index (χ1v) is 10.1. The number of amides is 3. The van der Waals surface area contributed by atoms with Crippen LogP contribution in [0, 0.1) is 11.3 Å². The lowest BCUT2D eigenvalue weighted by Gasteiger charge is -2.31. The highest BCUT2D eigenvalue weighted by atomic mass is 16.2. The number of likely N-dealkylation sites (tertiary alicyclic amines) is 1. The fourth-order valence-corrected chi connectivity index (χ4v) is 3.89. The summed E-state index contributed by atoms with van der Waals surface area (Å²) in [5, 5.41) is 11.8. The SMILES string of the molecule is N#Cc1cnc(C(=O)Nc2ccc(C3CCN(C(N)=O)CC3)cc2-c2ccccc2)[nH]1. The number of aromatic amines is 1. The van der Waals surface area contributed by atoms with E-state index in [9.17, 15) is 9.59 Å². The van der Waals surface area contributed by atoms with Gasteiger partial charge in [0.2, 0.25) is 0 Å². The number of H-pyrrole nitrogens is 1. The van der Waals surface area contributed by atoms with Crippen LogP contribution < -0.4 is 11.1 Å². The Hall–Kier alpha value is -4.12. The molecule has 4 N–H and O–H groups in total. The Morgan fingerprint density at radius 2 is 1.90 bits per heavy atom. The van der Waals surface area contributed by atoms with Gasteiger partial charge in [0.1, 0.15) is 11.8 Å². The number of hydrogen-bond donors (Lipinski definition) is 3. The summed E-state index contributed by atoms with van der Waals surface area (Å²) in [6, 6.07) is 17.4. The second-order valence-corrected chi connectivity index (χ2v) is 7.48. The molecule has 8 nitrogen and oxygen atoms in total. The smallest absolute Gasteiger partial charge is 0.314 e. The largest absolute Gasteiger partial charge is 0.351 e. The molecule has 0 unspecified atom stereocenters. The highest BCUT2D eigenvalue weighted by Crippen LogP contribution is 2.35. The van der Waals surface area contributed by atoms with E-state index in [0.29, 0.717) is 24.7 Å². The molecule has 0 atom stereocenters. The lowest BCUT2D eigenvalue weighted by molar-refractivity contribution is 0.101. The second-order valence-electron chi connectivity index (χ2n) is 7.48. The Labute approximate surface area is 179 Å². The number of rotatable bonds is 4. The molecule has 0 aliphatic carbocycles. The van der Waals surface area contributed by atoms with Gasteiger partial charge in [0.25, 0.3) is 5.91 Å². The van der Waals surface area contributed by atoms with Crippen LogP contribution >= 0.6 is 0 Å². The zero-order valence-electron chi connectivity index (χ0n) is 16.8. The Balaban J connectivity index is 1.62. The number of carbonyl (C=O) groups is 2. The summed E-state index contributed by atoms with van der Waals surface area (Å²) in [4.78, 5) is 32.4. The van der Waals surface area contributed by atoms with Crippen molar-refractivity contribution in [2.24, 2.45) is 5.73 Å². The minimum atomic E-state index is -0.416.